The summed E-state index contributed by atoms with van der Waals surface area (Å²) in [6, 6.07) is 5.82. The van der Waals surface area contributed by atoms with Crippen LogP contribution < -0.4 is 10.6 Å². The molecule has 1 aromatic carbocycles. The van der Waals surface area contributed by atoms with Crippen molar-refractivity contribution in [2.75, 3.05) is 17.2 Å². The molecule has 1 amide bonds. The monoisotopic (exact) mass is 321 g/mol. The highest BCUT2D eigenvalue weighted by Crippen LogP contribution is 2.40. The van der Waals surface area contributed by atoms with E-state index >= 15 is 0 Å². The zero-order valence-corrected chi connectivity index (χ0v) is 13.0. The number of nitrogens with one attached hydrogen (secondary N) is 2. The number of hydrogen-bond acceptors (Lipinski definition) is 4. The first-order chi connectivity index (χ1) is 9.79. The van der Waals surface area contributed by atoms with Gasteiger partial charge in [-0.25, -0.2) is 4.98 Å². The lowest BCUT2D eigenvalue weighted by molar-refractivity contribution is 0.102. The number of aromatic nitrogens is 1. The number of fused-ring (bicyclic) bond motifs is 1. The molecule has 2 aliphatic rings. The van der Waals surface area contributed by atoms with Crippen LogP contribution in [0.3, 0.4) is 0 Å². The molecule has 1 fully saturated rings. The van der Waals surface area contributed by atoms with Gasteiger partial charge in [-0.1, -0.05) is 0 Å². The van der Waals surface area contributed by atoms with E-state index in [1.54, 1.807) is 0 Å². The first-order valence-corrected chi connectivity index (χ1v) is 7.81. The van der Waals surface area contributed by atoms with Gasteiger partial charge in [0.15, 0.2) is 5.13 Å². The summed E-state index contributed by atoms with van der Waals surface area (Å²) < 4.78 is 0. The normalized spacial score (nSPS) is 15.8. The second-order valence-electron chi connectivity index (χ2n) is 5.35. The third-order valence-corrected chi connectivity index (χ3v) is 4.59. The van der Waals surface area contributed by atoms with Crippen LogP contribution in [0.2, 0.25) is 0 Å². The van der Waals surface area contributed by atoms with Crippen molar-refractivity contribution in [1.82, 2.24) is 4.98 Å². The number of carbonyl (C=O) groups excluding carboxylic acids is 1. The third-order valence-electron chi connectivity index (χ3n) is 3.82. The SMILES string of the molecule is Cl.O=C(Nc1nc(C2CC2)cs1)c1ccc2c(c1)CCN2. The summed E-state index contributed by atoms with van der Waals surface area (Å²) in [6.07, 6.45) is 3.45. The minimum atomic E-state index is -0.0728. The average Bonchev–Trinajstić information content (AvgIpc) is 3.02. The molecule has 0 spiro atoms. The first-order valence-electron chi connectivity index (χ1n) is 6.93. The molecule has 110 valence electrons. The Morgan fingerprint density at radius 1 is 1.38 bits per heavy atom. The maximum absolute atomic E-state index is 12.2. The van der Waals surface area contributed by atoms with E-state index in [1.165, 1.54) is 29.7 Å². The minimum absolute atomic E-state index is 0. The van der Waals surface area contributed by atoms with E-state index in [1.807, 2.05) is 18.2 Å². The van der Waals surface area contributed by atoms with Gasteiger partial charge >= 0.3 is 0 Å². The molecule has 0 radical (unpaired) electrons. The number of benzene rings is 1. The molecule has 0 unspecified atom stereocenters. The van der Waals surface area contributed by atoms with Crippen molar-refractivity contribution in [3.63, 3.8) is 0 Å². The van der Waals surface area contributed by atoms with E-state index in [-0.39, 0.29) is 18.3 Å². The summed E-state index contributed by atoms with van der Waals surface area (Å²) in [6.45, 7) is 0.956. The van der Waals surface area contributed by atoms with Gasteiger partial charge in [0.1, 0.15) is 0 Å². The number of hydrogen-bond donors (Lipinski definition) is 2. The molecule has 4 nitrogen and oxygen atoms in total. The highest BCUT2D eigenvalue weighted by atomic mass is 35.5. The van der Waals surface area contributed by atoms with Crippen molar-refractivity contribution in [3.05, 3.63) is 40.4 Å². The van der Waals surface area contributed by atoms with Crippen molar-refractivity contribution >= 4 is 40.5 Å². The number of anilines is 2. The number of amides is 1. The summed E-state index contributed by atoms with van der Waals surface area (Å²) in [5.41, 5.74) is 4.20. The molecular weight excluding hydrogens is 306 g/mol. The van der Waals surface area contributed by atoms with Crippen LogP contribution in [0, 0.1) is 0 Å². The molecule has 1 aromatic heterocycles. The van der Waals surface area contributed by atoms with Crippen molar-refractivity contribution in [3.8, 4) is 0 Å². The molecule has 2 heterocycles. The van der Waals surface area contributed by atoms with E-state index in [0.29, 0.717) is 16.6 Å². The van der Waals surface area contributed by atoms with Gasteiger partial charge in [0, 0.05) is 29.1 Å². The first kappa shape index (κ1) is 14.4. The molecular formula is C15H16ClN3OS. The molecule has 1 saturated carbocycles. The summed E-state index contributed by atoms with van der Waals surface area (Å²) in [4.78, 5) is 16.7. The van der Waals surface area contributed by atoms with Crippen LogP contribution >= 0.6 is 23.7 Å². The Morgan fingerprint density at radius 2 is 2.24 bits per heavy atom. The number of carbonyl (C=O) groups is 1. The Bertz CT molecular complexity index is 681. The maximum Gasteiger partial charge on any atom is 0.257 e. The fourth-order valence-corrected chi connectivity index (χ4v) is 3.31. The molecule has 0 bridgehead atoms. The maximum atomic E-state index is 12.2. The number of nitrogens with zero attached hydrogens (tertiary/aromatic N) is 1. The standard InChI is InChI=1S/C15H15N3OS.ClH/c19-14(11-3-4-12-10(7-11)5-6-16-12)18-15-17-13(8-20-15)9-1-2-9;/h3-4,7-9,16H,1-2,5-6H2,(H,17,18,19);1H. The van der Waals surface area contributed by atoms with Gasteiger partial charge in [-0.2, -0.15) is 0 Å². The van der Waals surface area contributed by atoms with Gasteiger partial charge in [0.2, 0.25) is 0 Å². The fourth-order valence-electron chi connectivity index (χ4n) is 2.53. The summed E-state index contributed by atoms with van der Waals surface area (Å²) in [5.74, 6) is 0.555. The molecule has 21 heavy (non-hydrogen) atoms. The Balaban J connectivity index is 0.00000132. The Morgan fingerprint density at radius 3 is 3.05 bits per heavy atom. The zero-order valence-electron chi connectivity index (χ0n) is 11.4. The van der Waals surface area contributed by atoms with Crippen molar-refractivity contribution in [2.45, 2.75) is 25.2 Å². The molecule has 0 atom stereocenters. The molecule has 2 N–H and O–H groups in total. The average molecular weight is 322 g/mol. The van der Waals surface area contributed by atoms with E-state index in [0.717, 1.165) is 24.3 Å². The number of thiazole rings is 1. The Kier molecular flexibility index (Phi) is 3.87. The van der Waals surface area contributed by atoms with Crippen LogP contribution in [0.1, 0.15) is 40.4 Å². The van der Waals surface area contributed by atoms with Crippen molar-refractivity contribution in [1.29, 1.82) is 0 Å². The van der Waals surface area contributed by atoms with Crippen LogP contribution in [-0.2, 0) is 6.42 Å². The highest BCUT2D eigenvalue weighted by Gasteiger charge is 2.26. The van der Waals surface area contributed by atoms with E-state index in [4.69, 9.17) is 0 Å². The Labute approximate surface area is 133 Å². The smallest absolute Gasteiger partial charge is 0.257 e. The van der Waals surface area contributed by atoms with Gasteiger partial charge in [0.05, 0.1) is 5.69 Å². The van der Waals surface area contributed by atoms with E-state index < -0.39 is 0 Å². The van der Waals surface area contributed by atoms with Crippen LogP contribution in [0.5, 0.6) is 0 Å². The summed E-state index contributed by atoms with van der Waals surface area (Å²) >= 11 is 1.51. The van der Waals surface area contributed by atoms with Gasteiger partial charge in [-0.3, -0.25) is 10.1 Å². The quantitative estimate of drug-likeness (QED) is 0.907. The second-order valence-corrected chi connectivity index (χ2v) is 6.21. The number of rotatable bonds is 3. The lowest BCUT2D eigenvalue weighted by atomic mass is 10.1. The van der Waals surface area contributed by atoms with Crippen LogP contribution in [0.4, 0.5) is 10.8 Å². The Hall–Kier alpha value is -1.59. The van der Waals surface area contributed by atoms with E-state index in [9.17, 15) is 4.79 Å². The molecule has 0 saturated heterocycles. The summed E-state index contributed by atoms with van der Waals surface area (Å²) in [5, 5.41) is 8.96. The van der Waals surface area contributed by atoms with Gasteiger partial charge in [-0.15, -0.1) is 23.7 Å². The van der Waals surface area contributed by atoms with Gasteiger partial charge in [-0.05, 0) is 43.0 Å². The summed E-state index contributed by atoms with van der Waals surface area (Å²) in [7, 11) is 0. The van der Waals surface area contributed by atoms with E-state index in [2.05, 4.69) is 21.0 Å². The highest BCUT2D eigenvalue weighted by molar-refractivity contribution is 7.14. The molecule has 2 aromatic rings. The molecule has 6 heteroatoms. The molecule has 1 aliphatic heterocycles. The lowest BCUT2D eigenvalue weighted by Crippen LogP contribution is -2.12. The van der Waals surface area contributed by atoms with Crippen LogP contribution in [0.25, 0.3) is 0 Å². The van der Waals surface area contributed by atoms with Crippen LogP contribution in [-0.4, -0.2) is 17.4 Å². The van der Waals surface area contributed by atoms with Crippen molar-refractivity contribution in [2.24, 2.45) is 0 Å². The third kappa shape index (κ3) is 2.89. The number of halogens is 1. The van der Waals surface area contributed by atoms with Gasteiger partial charge < -0.3 is 5.32 Å². The lowest BCUT2D eigenvalue weighted by Gasteiger charge is -2.04. The zero-order chi connectivity index (χ0) is 13.5. The van der Waals surface area contributed by atoms with Crippen molar-refractivity contribution < 1.29 is 4.79 Å². The van der Waals surface area contributed by atoms with Gasteiger partial charge in [0.25, 0.3) is 5.91 Å². The van der Waals surface area contributed by atoms with Crippen LogP contribution in [0.15, 0.2) is 23.6 Å². The molecule has 1 aliphatic carbocycles. The predicted octanol–water partition coefficient (Wildman–Crippen LogP) is 3.66. The second kappa shape index (κ2) is 5.66. The molecule has 4 rings (SSSR count). The largest absolute Gasteiger partial charge is 0.384 e. The predicted molar refractivity (Wildman–Crippen MR) is 87.9 cm³/mol. The topological polar surface area (TPSA) is 54.0 Å². The fraction of sp³-hybridized carbons (Fsp3) is 0.333. The minimum Gasteiger partial charge on any atom is -0.384 e.